The Balaban J connectivity index is 1.31. The maximum absolute atomic E-state index is 14.4. The highest BCUT2D eigenvalue weighted by Gasteiger charge is 2.38. The summed E-state index contributed by atoms with van der Waals surface area (Å²) in [6, 6.07) is 7.65. The molecule has 1 aromatic carbocycles. The lowest BCUT2D eigenvalue weighted by Crippen LogP contribution is -2.41. The van der Waals surface area contributed by atoms with E-state index in [1.165, 1.54) is 6.07 Å². The quantitative estimate of drug-likeness (QED) is 0.413. The number of rotatable bonds is 3. The number of carbonyl (C=O) groups excluding carboxylic acids is 1. The second-order valence-electron chi connectivity index (χ2n) is 8.76. The number of hydrogen-bond donors (Lipinski definition) is 1. The molecule has 1 amide bonds. The number of imidazole rings is 1. The number of H-pyrrole nitrogens is 1. The van der Waals surface area contributed by atoms with Gasteiger partial charge < -0.3 is 14.3 Å². The topological polar surface area (TPSA) is 110 Å². The minimum atomic E-state index is -0.705. The molecule has 0 bridgehead atoms. The van der Waals surface area contributed by atoms with Crippen LogP contribution in [0.25, 0.3) is 27.7 Å². The molecule has 5 aromatic heterocycles. The Morgan fingerprint density at radius 2 is 2.06 bits per heavy atom. The van der Waals surface area contributed by atoms with Crippen molar-refractivity contribution in [3.05, 3.63) is 90.1 Å². The zero-order chi connectivity index (χ0) is 24.4. The number of halogens is 1. The largest absolute Gasteiger partial charge is 0.438 e. The molecule has 0 saturated carbocycles. The van der Waals surface area contributed by atoms with E-state index in [9.17, 15) is 9.18 Å². The number of aryl methyl sites for hydroxylation is 1. The van der Waals surface area contributed by atoms with E-state index in [4.69, 9.17) is 4.42 Å². The first-order valence-electron chi connectivity index (χ1n) is 11.4. The second-order valence-corrected chi connectivity index (χ2v) is 8.76. The lowest BCUT2D eigenvalue weighted by atomic mass is 10.0. The van der Waals surface area contributed by atoms with Crippen LogP contribution in [-0.2, 0) is 13.5 Å². The summed E-state index contributed by atoms with van der Waals surface area (Å²) in [4.78, 5) is 27.6. The predicted molar refractivity (Wildman–Crippen MR) is 127 cm³/mol. The first kappa shape index (κ1) is 20.6. The highest BCUT2D eigenvalue weighted by atomic mass is 19.1. The summed E-state index contributed by atoms with van der Waals surface area (Å²) >= 11 is 0. The van der Waals surface area contributed by atoms with Crippen molar-refractivity contribution in [1.29, 1.82) is 0 Å². The molecule has 178 valence electrons. The molecule has 1 N–H and O–H groups in total. The monoisotopic (exact) mass is 482 g/mol. The summed E-state index contributed by atoms with van der Waals surface area (Å²) in [6.45, 7) is 0.408. The maximum Gasteiger partial charge on any atom is 0.258 e. The van der Waals surface area contributed by atoms with Crippen LogP contribution in [0.3, 0.4) is 0 Å². The average molecular weight is 482 g/mol. The van der Waals surface area contributed by atoms with Crippen molar-refractivity contribution in [3.63, 3.8) is 0 Å². The van der Waals surface area contributed by atoms with Gasteiger partial charge in [-0.05, 0) is 18.2 Å². The molecule has 1 atom stereocenters. The van der Waals surface area contributed by atoms with Crippen molar-refractivity contribution < 1.29 is 13.6 Å². The Hall–Kier alpha value is -4.80. The Kier molecular flexibility index (Phi) is 4.34. The Bertz CT molecular complexity index is 1780. The number of para-hydroxylation sites is 1. The number of nitrogens with one attached hydrogen (secondary N) is 1. The summed E-state index contributed by atoms with van der Waals surface area (Å²) in [6.07, 6.45) is 9.31. The maximum atomic E-state index is 14.4. The Morgan fingerprint density at radius 3 is 2.89 bits per heavy atom. The highest BCUT2D eigenvalue weighted by Crippen LogP contribution is 2.36. The highest BCUT2D eigenvalue weighted by molar-refractivity contribution is 6.01. The molecular weight excluding hydrogens is 463 g/mol. The van der Waals surface area contributed by atoms with Crippen LogP contribution in [0.1, 0.15) is 33.7 Å². The van der Waals surface area contributed by atoms with E-state index in [1.807, 2.05) is 31.6 Å². The van der Waals surface area contributed by atoms with E-state index < -0.39 is 11.9 Å². The SMILES string of the molecule is Cn1cc(-c2ccc3c(C(=O)N4CCc5[nH]cnc5[C@H]4c4nc5c(F)cccc5o4)cnn3c2)cn1. The molecule has 0 aliphatic carbocycles. The number of carbonyl (C=O) groups is 1. The number of oxazole rings is 1. The molecule has 0 saturated heterocycles. The molecule has 0 fully saturated rings. The van der Waals surface area contributed by atoms with E-state index in [0.29, 0.717) is 35.3 Å². The fourth-order valence-corrected chi connectivity index (χ4v) is 4.84. The minimum Gasteiger partial charge on any atom is -0.438 e. The van der Waals surface area contributed by atoms with Gasteiger partial charge in [-0.25, -0.2) is 18.9 Å². The number of amides is 1. The molecular formula is C25H19FN8O2. The number of pyridine rings is 1. The minimum absolute atomic E-state index is 0.126. The number of benzene rings is 1. The van der Waals surface area contributed by atoms with Crippen LogP contribution in [0.4, 0.5) is 4.39 Å². The number of aromatic nitrogens is 7. The van der Waals surface area contributed by atoms with Gasteiger partial charge >= 0.3 is 0 Å². The van der Waals surface area contributed by atoms with Gasteiger partial charge in [-0.3, -0.25) is 9.48 Å². The average Bonchev–Trinajstić information content (AvgIpc) is 3.68. The van der Waals surface area contributed by atoms with Crippen molar-refractivity contribution in [2.24, 2.45) is 7.05 Å². The van der Waals surface area contributed by atoms with Gasteiger partial charge in [-0.15, -0.1) is 0 Å². The van der Waals surface area contributed by atoms with Crippen LogP contribution in [0.15, 0.2) is 65.9 Å². The van der Waals surface area contributed by atoms with Crippen LogP contribution >= 0.6 is 0 Å². The molecule has 0 radical (unpaired) electrons. The van der Waals surface area contributed by atoms with Crippen LogP contribution in [0.2, 0.25) is 0 Å². The van der Waals surface area contributed by atoms with Crippen molar-refractivity contribution in [3.8, 4) is 11.1 Å². The van der Waals surface area contributed by atoms with Gasteiger partial charge in [0.2, 0.25) is 5.89 Å². The molecule has 10 nitrogen and oxygen atoms in total. The standard InChI is InChI=1S/C25H19FN8O2/c1-32-11-15(9-29-32)14-5-6-19-16(10-30-34(19)12-14)25(35)33-8-7-18-22(28-13-27-18)23(33)24-31-21-17(26)3-2-4-20(21)36-24/h2-6,9-13,23H,7-8H2,1H3,(H,27,28)/t23-/m0/s1. The molecule has 11 heteroatoms. The number of fused-ring (bicyclic) bond motifs is 3. The third kappa shape index (κ3) is 3.05. The van der Waals surface area contributed by atoms with Gasteiger partial charge in [-0.1, -0.05) is 12.1 Å². The van der Waals surface area contributed by atoms with Crippen molar-refractivity contribution >= 4 is 22.5 Å². The summed E-state index contributed by atoms with van der Waals surface area (Å²) in [5.41, 5.74) is 4.98. The number of nitrogens with zero attached hydrogens (tertiary/aromatic N) is 7. The molecule has 0 spiro atoms. The zero-order valence-electron chi connectivity index (χ0n) is 19.1. The smallest absolute Gasteiger partial charge is 0.258 e. The normalized spacial score (nSPS) is 15.6. The van der Waals surface area contributed by atoms with Gasteiger partial charge in [-0.2, -0.15) is 10.2 Å². The second kappa shape index (κ2) is 7.60. The van der Waals surface area contributed by atoms with Gasteiger partial charge in [0.1, 0.15) is 5.52 Å². The molecule has 1 aliphatic heterocycles. The molecule has 7 rings (SSSR count). The Morgan fingerprint density at radius 1 is 1.14 bits per heavy atom. The first-order valence-corrected chi connectivity index (χ1v) is 11.4. The van der Waals surface area contributed by atoms with E-state index in [1.54, 1.807) is 45.0 Å². The van der Waals surface area contributed by atoms with E-state index in [-0.39, 0.29) is 17.3 Å². The van der Waals surface area contributed by atoms with Crippen molar-refractivity contribution in [2.75, 3.05) is 6.54 Å². The summed E-state index contributed by atoms with van der Waals surface area (Å²) < 4.78 is 23.7. The van der Waals surface area contributed by atoms with Crippen molar-refractivity contribution in [1.82, 2.24) is 39.2 Å². The third-order valence-electron chi connectivity index (χ3n) is 6.59. The van der Waals surface area contributed by atoms with Gasteiger partial charge in [0, 0.05) is 49.2 Å². The Labute approximate surface area is 203 Å². The van der Waals surface area contributed by atoms with E-state index >= 15 is 0 Å². The molecule has 36 heavy (non-hydrogen) atoms. The van der Waals surface area contributed by atoms with E-state index in [2.05, 4.69) is 25.1 Å². The summed E-state index contributed by atoms with van der Waals surface area (Å²) in [7, 11) is 1.86. The van der Waals surface area contributed by atoms with Crippen LogP contribution in [0, 0.1) is 5.82 Å². The fraction of sp³-hybridized carbons (Fsp3) is 0.160. The van der Waals surface area contributed by atoms with Crippen LogP contribution < -0.4 is 0 Å². The fourth-order valence-electron chi connectivity index (χ4n) is 4.84. The van der Waals surface area contributed by atoms with Crippen molar-refractivity contribution in [2.45, 2.75) is 12.5 Å². The zero-order valence-corrected chi connectivity index (χ0v) is 19.1. The number of hydrogen-bond acceptors (Lipinski definition) is 6. The lowest BCUT2D eigenvalue weighted by Gasteiger charge is -2.32. The summed E-state index contributed by atoms with van der Waals surface area (Å²) in [5.74, 6) is -0.502. The predicted octanol–water partition coefficient (Wildman–Crippen LogP) is 3.53. The third-order valence-corrected chi connectivity index (χ3v) is 6.59. The van der Waals surface area contributed by atoms with Gasteiger partial charge in [0.15, 0.2) is 17.4 Å². The van der Waals surface area contributed by atoms with E-state index in [0.717, 1.165) is 16.8 Å². The van der Waals surface area contributed by atoms with Gasteiger partial charge in [0.05, 0.1) is 35.5 Å². The van der Waals surface area contributed by atoms with Gasteiger partial charge in [0.25, 0.3) is 5.91 Å². The molecule has 6 aromatic rings. The van der Waals surface area contributed by atoms with Crippen LogP contribution in [0.5, 0.6) is 0 Å². The molecule has 1 aliphatic rings. The van der Waals surface area contributed by atoms with Crippen LogP contribution in [-0.4, -0.2) is 51.7 Å². The lowest BCUT2D eigenvalue weighted by molar-refractivity contribution is 0.0669. The molecule has 0 unspecified atom stereocenters. The summed E-state index contributed by atoms with van der Waals surface area (Å²) in [5, 5.41) is 8.66. The molecule has 6 heterocycles. The first-order chi connectivity index (χ1) is 17.6. The number of aromatic amines is 1.